The summed E-state index contributed by atoms with van der Waals surface area (Å²) in [5.41, 5.74) is 1.08. The van der Waals surface area contributed by atoms with Crippen molar-refractivity contribution in [2.24, 2.45) is 0 Å². The Labute approximate surface area is 135 Å². The van der Waals surface area contributed by atoms with E-state index in [2.05, 4.69) is 44.0 Å². The van der Waals surface area contributed by atoms with E-state index in [0.717, 1.165) is 49.2 Å². The largest absolute Gasteiger partial charge is 0.357 e. The molecule has 0 aliphatic carbocycles. The second kappa shape index (κ2) is 7.02. The first-order valence-electron chi connectivity index (χ1n) is 7.67. The number of nitrogens with zero attached hydrogens (tertiary/aromatic N) is 5. The van der Waals surface area contributed by atoms with Crippen molar-refractivity contribution in [3.8, 4) is 0 Å². The molecule has 1 saturated heterocycles. The van der Waals surface area contributed by atoms with Crippen LogP contribution in [0.15, 0.2) is 18.6 Å². The van der Waals surface area contributed by atoms with Gasteiger partial charge in [0, 0.05) is 61.8 Å². The number of thiazole rings is 1. The Morgan fingerprint density at radius 2 is 1.82 bits per heavy atom. The van der Waals surface area contributed by atoms with Gasteiger partial charge in [-0.3, -0.25) is 0 Å². The SMILES string of the molecule is CCc1cnc(NCc2cnc(N3CCN(C)CC3)nc2)s1. The van der Waals surface area contributed by atoms with Crippen LogP contribution in [-0.4, -0.2) is 53.1 Å². The van der Waals surface area contributed by atoms with Gasteiger partial charge < -0.3 is 15.1 Å². The number of piperazine rings is 1. The molecule has 1 fully saturated rings. The standard InChI is InChI=1S/C15H22N6S/c1-3-13-11-19-15(22-13)18-10-12-8-16-14(17-9-12)21-6-4-20(2)5-7-21/h8-9,11H,3-7,10H2,1-2H3,(H,18,19). The van der Waals surface area contributed by atoms with Crippen molar-refractivity contribution in [3.05, 3.63) is 29.0 Å². The van der Waals surface area contributed by atoms with Gasteiger partial charge in [-0.05, 0) is 13.5 Å². The lowest BCUT2D eigenvalue weighted by molar-refractivity contribution is 0.311. The molecule has 1 aliphatic heterocycles. The van der Waals surface area contributed by atoms with E-state index in [1.807, 2.05) is 18.6 Å². The first-order valence-corrected chi connectivity index (χ1v) is 8.49. The molecule has 0 atom stereocenters. The summed E-state index contributed by atoms with van der Waals surface area (Å²) in [5.74, 6) is 0.833. The number of aromatic nitrogens is 3. The van der Waals surface area contributed by atoms with Gasteiger partial charge in [-0.25, -0.2) is 15.0 Å². The van der Waals surface area contributed by atoms with Gasteiger partial charge in [0.05, 0.1) is 0 Å². The zero-order chi connectivity index (χ0) is 15.4. The number of likely N-dealkylation sites (N-methyl/N-ethyl adjacent to an activating group) is 1. The van der Waals surface area contributed by atoms with Crippen LogP contribution in [0.25, 0.3) is 0 Å². The Kier molecular flexibility index (Phi) is 4.84. The second-order valence-corrected chi connectivity index (χ2v) is 6.64. The van der Waals surface area contributed by atoms with Crippen LogP contribution in [0, 0.1) is 0 Å². The molecule has 2 aromatic heterocycles. The van der Waals surface area contributed by atoms with Crippen LogP contribution in [0.3, 0.4) is 0 Å². The van der Waals surface area contributed by atoms with Crippen LogP contribution in [0.1, 0.15) is 17.4 Å². The topological polar surface area (TPSA) is 57.2 Å². The molecule has 118 valence electrons. The highest BCUT2D eigenvalue weighted by atomic mass is 32.1. The molecule has 0 unspecified atom stereocenters. The van der Waals surface area contributed by atoms with Crippen LogP contribution in [0.2, 0.25) is 0 Å². The van der Waals surface area contributed by atoms with Crippen molar-refractivity contribution in [1.29, 1.82) is 0 Å². The summed E-state index contributed by atoms with van der Waals surface area (Å²) in [7, 11) is 2.15. The molecule has 3 rings (SSSR count). The summed E-state index contributed by atoms with van der Waals surface area (Å²) < 4.78 is 0. The molecule has 0 spiro atoms. The lowest BCUT2D eigenvalue weighted by Crippen LogP contribution is -2.45. The lowest BCUT2D eigenvalue weighted by atomic mass is 10.3. The van der Waals surface area contributed by atoms with E-state index in [1.165, 1.54) is 4.88 Å². The van der Waals surface area contributed by atoms with Gasteiger partial charge in [-0.1, -0.05) is 6.92 Å². The first kappa shape index (κ1) is 15.2. The third-order valence-corrected chi connectivity index (χ3v) is 4.92. The zero-order valence-electron chi connectivity index (χ0n) is 13.1. The lowest BCUT2D eigenvalue weighted by Gasteiger charge is -2.32. The third-order valence-electron chi connectivity index (χ3n) is 3.82. The van der Waals surface area contributed by atoms with E-state index in [0.29, 0.717) is 6.54 Å². The fourth-order valence-electron chi connectivity index (χ4n) is 2.34. The molecule has 2 aromatic rings. The number of hydrogen-bond acceptors (Lipinski definition) is 7. The average Bonchev–Trinajstić information content (AvgIpc) is 3.02. The molecule has 1 N–H and O–H groups in total. The summed E-state index contributed by atoms with van der Waals surface area (Å²) in [6.07, 6.45) is 6.77. The maximum atomic E-state index is 4.50. The molecular formula is C15H22N6S. The summed E-state index contributed by atoms with van der Waals surface area (Å²) in [5, 5.41) is 4.29. The van der Waals surface area contributed by atoms with Crippen molar-refractivity contribution in [1.82, 2.24) is 19.9 Å². The molecule has 0 bridgehead atoms. The van der Waals surface area contributed by atoms with Crippen LogP contribution >= 0.6 is 11.3 Å². The fraction of sp³-hybridized carbons (Fsp3) is 0.533. The highest BCUT2D eigenvalue weighted by Crippen LogP contribution is 2.19. The quantitative estimate of drug-likeness (QED) is 0.908. The first-order chi connectivity index (χ1) is 10.7. The van der Waals surface area contributed by atoms with E-state index in [1.54, 1.807) is 11.3 Å². The number of aryl methyl sites for hydroxylation is 1. The van der Waals surface area contributed by atoms with Crippen LogP contribution in [0.5, 0.6) is 0 Å². The molecule has 22 heavy (non-hydrogen) atoms. The van der Waals surface area contributed by atoms with Crippen molar-refractivity contribution < 1.29 is 0 Å². The fourth-order valence-corrected chi connectivity index (χ4v) is 3.09. The Bertz CT molecular complexity index is 588. The monoisotopic (exact) mass is 318 g/mol. The summed E-state index contributed by atoms with van der Waals surface area (Å²) >= 11 is 1.70. The summed E-state index contributed by atoms with van der Waals surface area (Å²) in [6.45, 7) is 6.97. The van der Waals surface area contributed by atoms with Gasteiger partial charge in [-0.15, -0.1) is 11.3 Å². The van der Waals surface area contributed by atoms with Crippen molar-refractivity contribution in [2.75, 3.05) is 43.4 Å². The Morgan fingerprint density at radius 1 is 1.09 bits per heavy atom. The number of anilines is 2. The molecule has 3 heterocycles. The summed E-state index contributed by atoms with van der Waals surface area (Å²) in [6, 6.07) is 0. The summed E-state index contributed by atoms with van der Waals surface area (Å²) in [4.78, 5) is 19.2. The number of nitrogens with one attached hydrogen (secondary N) is 1. The van der Waals surface area contributed by atoms with Crippen LogP contribution < -0.4 is 10.2 Å². The highest BCUT2D eigenvalue weighted by Gasteiger charge is 2.16. The smallest absolute Gasteiger partial charge is 0.225 e. The van der Waals surface area contributed by atoms with Crippen LogP contribution in [-0.2, 0) is 13.0 Å². The van der Waals surface area contributed by atoms with Gasteiger partial charge in [0.2, 0.25) is 5.95 Å². The molecule has 7 heteroatoms. The van der Waals surface area contributed by atoms with Gasteiger partial charge >= 0.3 is 0 Å². The Balaban J connectivity index is 1.55. The van der Waals surface area contributed by atoms with Gasteiger partial charge in [0.1, 0.15) is 0 Å². The number of rotatable bonds is 5. The van der Waals surface area contributed by atoms with Gasteiger partial charge in [0.15, 0.2) is 5.13 Å². The number of hydrogen-bond donors (Lipinski definition) is 1. The normalized spacial score (nSPS) is 16.0. The minimum Gasteiger partial charge on any atom is -0.357 e. The van der Waals surface area contributed by atoms with Crippen molar-refractivity contribution in [3.63, 3.8) is 0 Å². The maximum Gasteiger partial charge on any atom is 0.225 e. The van der Waals surface area contributed by atoms with Crippen LogP contribution in [0.4, 0.5) is 11.1 Å². The third kappa shape index (κ3) is 3.72. The zero-order valence-corrected chi connectivity index (χ0v) is 13.9. The van der Waals surface area contributed by atoms with Crippen molar-refractivity contribution >= 4 is 22.4 Å². The van der Waals surface area contributed by atoms with Gasteiger partial charge in [0.25, 0.3) is 0 Å². The van der Waals surface area contributed by atoms with E-state index in [4.69, 9.17) is 0 Å². The molecule has 0 amide bonds. The predicted octanol–water partition coefficient (Wildman–Crippen LogP) is 1.86. The molecular weight excluding hydrogens is 296 g/mol. The second-order valence-electron chi connectivity index (χ2n) is 5.52. The minimum atomic E-state index is 0.708. The maximum absolute atomic E-state index is 4.50. The minimum absolute atomic E-state index is 0.708. The molecule has 0 radical (unpaired) electrons. The highest BCUT2D eigenvalue weighted by molar-refractivity contribution is 7.15. The Morgan fingerprint density at radius 3 is 2.45 bits per heavy atom. The van der Waals surface area contributed by atoms with Crippen molar-refractivity contribution in [2.45, 2.75) is 19.9 Å². The Hall–Kier alpha value is -1.73. The van der Waals surface area contributed by atoms with E-state index in [9.17, 15) is 0 Å². The van der Waals surface area contributed by atoms with E-state index < -0.39 is 0 Å². The van der Waals surface area contributed by atoms with E-state index in [-0.39, 0.29) is 0 Å². The van der Waals surface area contributed by atoms with Gasteiger partial charge in [-0.2, -0.15) is 0 Å². The predicted molar refractivity (Wildman–Crippen MR) is 90.6 cm³/mol. The molecule has 0 saturated carbocycles. The molecule has 1 aliphatic rings. The molecule has 0 aromatic carbocycles. The average molecular weight is 318 g/mol. The molecule has 6 nitrogen and oxygen atoms in total. The van der Waals surface area contributed by atoms with E-state index >= 15 is 0 Å².